The van der Waals surface area contributed by atoms with Crippen molar-refractivity contribution in [3.05, 3.63) is 10.6 Å². The SMILES string of the molecule is O=C1CCC(NCC(Cl)=CCl)C(=O)N1. The number of piperidine rings is 1. The number of halogens is 2. The molecule has 2 amide bonds. The van der Waals surface area contributed by atoms with Gasteiger partial charge in [0.1, 0.15) is 0 Å². The average molecular weight is 237 g/mol. The lowest BCUT2D eigenvalue weighted by atomic mass is 10.1. The Morgan fingerprint density at radius 1 is 1.64 bits per heavy atom. The van der Waals surface area contributed by atoms with Gasteiger partial charge in [-0.3, -0.25) is 14.9 Å². The van der Waals surface area contributed by atoms with Crippen LogP contribution in [0.25, 0.3) is 0 Å². The van der Waals surface area contributed by atoms with Gasteiger partial charge in [-0.25, -0.2) is 0 Å². The van der Waals surface area contributed by atoms with Crippen LogP contribution in [-0.4, -0.2) is 24.4 Å². The Bertz CT molecular complexity index is 279. The molecule has 78 valence electrons. The summed E-state index contributed by atoms with van der Waals surface area (Å²) in [7, 11) is 0. The largest absolute Gasteiger partial charge is 0.301 e. The van der Waals surface area contributed by atoms with Crippen molar-refractivity contribution in [2.24, 2.45) is 0 Å². The Kier molecular flexibility index (Phi) is 4.38. The molecule has 14 heavy (non-hydrogen) atoms. The standard InChI is InChI=1S/C8H10Cl2N2O2/c9-3-5(10)4-11-6-1-2-7(13)12-8(6)14/h3,6,11H,1-2,4H2,(H,12,13,14). The lowest BCUT2D eigenvalue weighted by molar-refractivity contribution is -0.134. The zero-order valence-electron chi connectivity index (χ0n) is 7.35. The van der Waals surface area contributed by atoms with E-state index in [-0.39, 0.29) is 17.9 Å². The molecule has 0 aliphatic carbocycles. The van der Waals surface area contributed by atoms with Crippen LogP contribution in [0.4, 0.5) is 0 Å². The number of hydrogen-bond donors (Lipinski definition) is 2. The molecular weight excluding hydrogens is 227 g/mol. The van der Waals surface area contributed by atoms with Crippen LogP contribution in [0.3, 0.4) is 0 Å². The average Bonchev–Trinajstić information content (AvgIpc) is 2.16. The van der Waals surface area contributed by atoms with Crippen molar-refractivity contribution in [3.8, 4) is 0 Å². The minimum absolute atomic E-state index is 0.230. The first-order chi connectivity index (χ1) is 6.63. The molecule has 1 atom stereocenters. The Labute approximate surface area is 91.6 Å². The molecule has 2 N–H and O–H groups in total. The molecule has 0 spiro atoms. The van der Waals surface area contributed by atoms with Crippen molar-refractivity contribution in [2.45, 2.75) is 18.9 Å². The van der Waals surface area contributed by atoms with Crippen molar-refractivity contribution in [1.82, 2.24) is 10.6 Å². The zero-order chi connectivity index (χ0) is 10.6. The number of rotatable bonds is 3. The minimum Gasteiger partial charge on any atom is -0.301 e. The van der Waals surface area contributed by atoms with Gasteiger partial charge in [-0.1, -0.05) is 23.2 Å². The Morgan fingerprint density at radius 3 is 2.93 bits per heavy atom. The molecule has 0 aromatic rings. The fourth-order valence-corrected chi connectivity index (χ4v) is 1.30. The van der Waals surface area contributed by atoms with Crippen LogP contribution in [0, 0.1) is 0 Å². The maximum atomic E-state index is 11.2. The van der Waals surface area contributed by atoms with Gasteiger partial charge in [-0.2, -0.15) is 0 Å². The van der Waals surface area contributed by atoms with Gasteiger partial charge < -0.3 is 5.32 Å². The number of imide groups is 1. The predicted molar refractivity (Wildman–Crippen MR) is 54.0 cm³/mol. The molecule has 0 bridgehead atoms. The first kappa shape index (κ1) is 11.5. The van der Waals surface area contributed by atoms with E-state index in [0.29, 0.717) is 24.4 Å². The predicted octanol–water partition coefficient (Wildman–Crippen LogP) is 0.700. The number of hydrogen-bond acceptors (Lipinski definition) is 3. The topological polar surface area (TPSA) is 58.2 Å². The van der Waals surface area contributed by atoms with Crippen molar-refractivity contribution < 1.29 is 9.59 Å². The molecule has 1 rings (SSSR count). The van der Waals surface area contributed by atoms with Crippen LogP contribution in [0.15, 0.2) is 10.6 Å². The van der Waals surface area contributed by atoms with Crippen LogP contribution >= 0.6 is 23.2 Å². The highest BCUT2D eigenvalue weighted by Crippen LogP contribution is 2.06. The van der Waals surface area contributed by atoms with Gasteiger partial charge in [0.2, 0.25) is 11.8 Å². The first-order valence-corrected chi connectivity index (χ1v) is 4.96. The van der Waals surface area contributed by atoms with E-state index in [1.54, 1.807) is 0 Å². The summed E-state index contributed by atoms with van der Waals surface area (Å²) < 4.78 is 0. The van der Waals surface area contributed by atoms with Crippen LogP contribution in [0.2, 0.25) is 0 Å². The van der Waals surface area contributed by atoms with Gasteiger partial charge in [-0.05, 0) is 6.42 Å². The monoisotopic (exact) mass is 236 g/mol. The third kappa shape index (κ3) is 3.29. The summed E-state index contributed by atoms with van der Waals surface area (Å²) in [5.41, 5.74) is 1.24. The van der Waals surface area contributed by atoms with Crippen LogP contribution < -0.4 is 10.6 Å². The minimum atomic E-state index is -0.363. The summed E-state index contributed by atoms with van der Waals surface area (Å²) >= 11 is 11.0. The number of carbonyl (C=O) groups excluding carboxylic acids is 2. The Balaban J connectivity index is 2.38. The van der Waals surface area contributed by atoms with E-state index in [4.69, 9.17) is 23.2 Å². The highest BCUT2D eigenvalue weighted by atomic mass is 35.5. The summed E-state index contributed by atoms with van der Waals surface area (Å²) in [6.45, 7) is 0.331. The maximum absolute atomic E-state index is 11.2. The molecule has 0 saturated carbocycles. The van der Waals surface area contributed by atoms with Gasteiger partial charge in [0.25, 0.3) is 0 Å². The molecule has 1 saturated heterocycles. The van der Waals surface area contributed by atoms with Crippen molar-refractivity contribution in [3.63, 3.8) is 0 Å². The lowest BCUT2D eigenvalue weighted by Crippen LogP contribution is -2.50. The van der Waals surface area contributed by atoms with Gasteiger partial charge in [0.05, 0.1) is 6.04 Å². The molecule has 0 aromatic heterocycles. The Hall–Kier alpha value is -0.580. The second-order valence-corrected chi connectivity index (χ2v) is 3.64. The van der Waals surface area contributed by atoms with Crippen LogP contribution in [0.5, 0.6) is 0 Å². The van der Waals surface area contributed by atoms with E-state index in [1.807, 2.05) is 0 Å². The Morgan fingerprint density at radius 2 is 2.36 bits per heavy atom. The van der Waals surface area contributed by atoms with E-state index in [9.17, 15) is 9.59 Å². The molecule has 1 aliphatic rings. The highest BCUT2D eigenvalue weighted by molar-refractivity contribution is 6.36. The molecule has 1 aliphatic heterocycles. The third-order valence-corrected chi connectivity index (χ3v) is 2.49. The molecule has 0 aromatic carbocycles. The molecule has 1 heterocycles. The second-order valence-electron chi connectivity index (χ2n) is 2.94. The second kappa shape index (κ2) is 5.34. The van der Waals surface area contributed by atoms with E-state index in [2.05, 4.69) is 10.6 Å². The number of amides is 2. The molecule has 4 nitrogen and oxygen atoms in total. The van der Waals surface area contributed by atoms with Gasteiger partial charge in [0.15, 0.2) is 0 Å². The highest BCUT2D eigenvalue weighted by Gasteiger charge is 2.25. The maximum Gasteiger partial charge on any atom is 0.243 e. The van der Waals surface area contributed by atoms with Crippen LogP contribution in [-0.2, 0) is 9.59 Å². The molecule has 1 fully saturated rings. The van der Waals surface area contributed by atoms with E-state index < -0.39 is 0 Å². The number of nitrogens with one attached hydrogen (secondary N) is 2. The van der Waals surface area contributed by atoms with Gasteiger partial charge >= 0.3 is 0 Å². The fraction of sp³-hybridized carbons (Fsp3) is 0.500. The third-order valence-electron chi connectivity index (χ3n) is 1.87. The van der Waals surface area contributed by atoms with E-state index in [0.717, 1.165) is 0 Å². The van der Waals surface area contributed by atoms with Crippen molar-refractivity contribution in [1.29, 1.82) is 0 Å². The number of carbonyl (C=O) groups is 2. The quantitative estimate of drug-likeness (QED) is 0.710. The smallest absolute Gasteiger partial charge is 0.243 e. The molecular formula is C8H10Cl2N2O2. The van der Waals surface area contributed by atoms with Crippen molar-refractivity contribution >= 4 is 35.0 Å². The normalized spacial score (nSPS) is 23.6. The summed E-state index contributed by atoms with van der Waals surface area (Å²) in [4.78, 5) is 22.0. The van der Waals surface area contributed by atoms with Gasteiger partial charge in [0, 0.05) is 23.5 Å². The zero-order valence-corrected chi connectivity index (χ0v) is 8.86. The summed E-state index contributed by atoms with van der Waals surface area (Å²) in [5.74, 6) is -0.535. The fourth-order valence-electron chi connectivity index (χ4n) is 1.15. The van der Waals surface area contributed by atoms with Crippen molar-refractivity contribution in [2.75, 3.05) is 6.54 Å². The molecule has 1 unspecified atom stereocenters. The summed E-state index contributed by atoms with van der Waals surface area (Å²) in [6, 6.07) is -0.363. The molecule has 6 heteroatoms. The van der Waals surface area contributed by atoms with E-state index in [1.165, 1.54) is 5.54 Å². The summed E-state index contributed by atoms with van der Waals surface area (Å²) in [6.07, 6.45) is 0.850. The lowest BCUT2D eigenvalue weighted by Gasteiger charge is -2.21. The first-order valence-electron chi connectivity index (χ1n) is 4.15. The van der Waals surface area contributed by atoms with Gasteiger partial charge in [-0.15, -0.1) is 0 Å². The molecule has 0 radical (unpaired) electrons. The van der Waals surface area contributed by atoms with E-state index >= 15 is 0 Å². The summed E-state index contributed by atoms with van der Waals surface area (Å²) in [5, 5.41) is 5.56. The van der Waals surface area contributed by atoms with Crippen LogP contribution in [0.1, 0.15) is 12.8 Å².